The van der Waals surface area contributed by atoms with E-state index in [-0.39, 0.29) is 17.9 Å². The molecule has 1 aromatic carbocycles. The van der Waals surface area contributed by atoms with Gasteiger partial charge >= 0.3 is 11.9 Å². The number of fused-ring (bicyclic) bond motifs is 3. The van der Waals surface area contributed by atoms with E-state index in [2.05, 4.69) is 9.97 Å². The van der Waals surface area contributed by atoms with Gasteiger partial charge in [-0.25, -0.2) is 14.8 Å². The molecule has 0 atom stereocenters. The van der Waals surface area contributed by atoms with Crippen LogP contribution in [0.25, 0.3) is 21.9 Å². The van der Waals surface area contributed by atoms with Crippen LogP contribution < -0.4 is 5.73 Å². The van der Waals surface area contributed by atoms with E-state index in [1.54, 1.807) is 32.9 Å². The summed E-state index contributed by atoms with van der Waals surface area (Å²) in [6.07, 6.45) is 1.28. The van der Waals surface area contributed by atoms with Crippen LogP contribution in [0.15, 0.2) is 24.5 Å². The van der Waals surface area contributed by atoms with Crippen molar-refractivity contribution in [3.8, 4) is 0 Å². The molecule has 0 aliphatic carbocycles. The van der Waals surface area contributed by atoms with Crippen molar-refractivity contribution < 1.29 is 19.4 Å². The second kappa shape index (κ2) is 5.73. The lowest BCUT2D eigenvalue weighted by Gasteiger charge is -2.20. The van der Waals surface area contributed by atoms with Crippen molar-refractivity contribution in [3.05, 3.63) is 30.1 Å². The number of carboxylic acid groups (broad SMARTS) is 1. The summed E-state index contributed by atoms with van der Waals surface area (Å²) in [6, 6.07) is 4.82. The predicted octanol–water partition coefficient (Wildman–Crippen LogP) is 2.21. The summed E-state index contributed by atoms with van der Waals surface area (Å²) in [5.74, 6) is -1.38. The number of para-hydroxylation sites is 1. The summed E-state index contributed by atoms with van der Waals surface area (Å²) in [7, 11) is 0. The van der Waals surface area contributed by atoms with Gasteiger partial charge in [-0.15, -0.1) is 0 Å². The van der Waals surface area contributed by atoms with Gasteiger partial charge in [-0.05, 0) is 26.8 Å². The number of carbonyl (C=O) groups excluding carboxylic acids is 1. The summed E-state index contributed by atoms with van der Waals surface area (Å²) in [4.78, 5) is 32.1. The summed E-state index contributed by atoms with van der Waals surface area (Å²) >= 11 is 0. The van der Waals surface area contributed by atoms with Crippen molar-refractivity contribution >= 4 is 39.7 Å². The average molecular weight is 342 g/mol. The molecule has 0 amide bonds. The Bertz CT molecular complexity index is 1000. The number of carbonyl (C=O) groups is 2. The van der Waals surface area contributed by atoms with Gasteiger partial charge in [-0.3, -0.25) is 4.79 Å². The third kappa shape index (κ3) is 2.98. The van der Waals surface area contributed by atoms with Gasteiger partial charge in [0.15, 0.2) is 0 Å². The van der Waals surface area contributed by atoms with Crippen LogP contribution >= 0.6 is 0 Å². The van der Waals surface area contributed by atoms with E-state index in [1.165, 1.54) is 17.0 Å². The molecule has 0 aliphatic heterocycles. The topological polar surface area (TPSA) is 120 Å². The summed E-state index contributed by atoms with van der Waals surface area (Å²) in [5.41, 5.74) is 6.12. The van der Waals surface area contributed by atoms with Crippen molar-refractivity contribution in [2.24, 2.45) is 0 Å². The number of nitrogen functional groups attached to an aromatic ring is 1. The first-order valence-corrected chi connectivity index (χ1v) is 7.65. The fourth-order valence-corrected chi connectivity index (χ4v) is 2.82. The molecule has 0 unspecified atom stereocenters. The Balaban J connectivity index is 2.29. The van der Waals surface area contributed by atoms with E-state index < -0.39 is 17.5 Å². The lowest BCUT2D eigenvalue weighted by Crippen LogP contribution is -2.26. The normalized spacial score (nSPS) is 11.8. The molecule has 0 bridgehead atoms. The van der Waals surface area contributed by atoms with Gasteiger partial charge in [-0.1, -0.05) is 12.1 Å². The lowest BCUT2D eigenvalue weighted by atomic mass is 10.1. The number of nitrogens with two attached hydrogens (primary N) is 1. The Hall–Kier alpha value is -3.16. The minimum atomic E-state index is -1.11. The van der Waals surface area contributed by atoms with Crippen molar-refractivity contribution in [1.29, 1.82) is 0 Å². The molecule has 0 spiro atoms. The van der Waals surface area contributed by atoms with Crippen LogP contribution in [0.4, 0.5) is 5.82 Å². The van der Waals surface area contributed by atoms with Crippen LogP contribution in [0.5, 0.6) is 0 Å². The number of aromatic nitrogens is 3. The number of rotatable bonds is 3. The second-order valence-electron chi connectivity index (χ2n) is 6.64. The number of benzene rings is 1. The predicted molar refractivity (Wildman–Crippen MR) is 92.3 cm³/mol. The van der Waals surface area contributed by atoms with Gasteiger partial charge in [0.2, 0.25) is 0 Å². The van der Waals surface area contributed by atoms with E-state index in [0.717, 1.165) is 0 Å². The molecule has 8 heteroatoms. The first kappa shape index (κ1) is 16.7. The number of hydrogen-bond donors (Lipinski definition) is 2. The molecule has 2 heterocycles. The minimum Gasteiger partial charge on any atom is -0.478 e. The summed E-state index contributed by atoms with van der Waals surface area (Å²) < 4.78 is 6.87. The maximum absolute atomic E-state index is 12.3. The molecule has 2 aromatic heterocycles. The monoisotopic (exact) mass is 342 g/mol. The fourth-order valence-electron chi connectivity index (χ4n) is 2.82. The molecule has 3 aromatic rings. The molecule has 130 valence electrons. The van der Waals surface area contributed by atoms with E-state index in [0.29, 0.717) is 21.9 Å². The Morgan fingerprint density at radius 3 is 2.64 bits per heavy atom. The zero-order valence-electron chi connectivity index (χ0n) is 14.1. The van der Waals surface area contributed by atoms with E-state index in [4.69, 9.17) is 10.5 Å². The van der Waals surface area contributed by atoms with E-state index in [9.17, 15) is 14.7 Å². The average Bonchev–Trinajstić information content (AvgIpc) is 2.81. The highest BCUT2D eigenvalue weighted by Crippen LogP contribution is 2.32. The zero-order valence-corrected chi connectivity index (χ0v) is 14.1. The zero-order chi connectivity index (χ0) is 18.4. The Morgan fingerprint density at radius 2 is 2.00 bits per heavy atom. The van der Waals surface area contributed by atoms with Crippen LogP contribution in [0.3, 0.4) is 0 Å². The Kier molecular flexibility index (Phi) is 3.82. The SMILES string of the molecule is CC(C)(C)OC(=O)Cn1c2ncnc(N)c2c2cccc(C(=O)O)c21. The van der Waals surface area contributed by atoms with Crippen molar-refractivity contribution in [2.75, 3.05) is 5.73 Å². The number of esters is 1. The quantitative estimate of drug-likeness (QED) is 0.700. The number of aromatic carboxylic acids is 1. The van der Waals surface area contributed by atoms with Crippen molar-refractivity contribution in [1.82, 2.24) is 14.5 Å². The first-order chi connectivity index (χ1) is 11.7. The van der Waals surface area contributed by atoms with E-state index in [1.807, 2.05) is 0 Å². The van der Waals surface area contributed by atoms with Crippen LogP contribution in [0.2, 0.25) is 0 Å². The maximum atomic E-state index is 12.3. The summed E-state index contributed by atoms with van der Waals surface area (Å²) in [5, 5.41) is 10.6. The minimum absolute atomic E-state index is 0.0541. The van der Waals surface area contributed by atoms with Crippen molar-refractivity contribution in [3.63, 3.8) is 0 Å². The largest absolute Gasteiger partial charge is 0.478 e. The van der Waals surface area contributed by atoms with Gasteiger partial charge < -0.3 is 20.1 Å². The van der Waals surface area contributed by atoms with Gasteiger partial charge in [0, 0.05) is 5.39 Å². The number of nitrogens with zero attached hydrogens (tertiary/aromatic N) is 3. The van der Waals surface area contributed by atoms with E-state index >= 15 is 0 Å². The Morgan fingerprint density at radius 1 is 1.28 bits per heavy atom. The number of ether oxygens (including phenoxy) is 1. The highest BCUT2D eigenvalue weighted by molar-refractivity contribution is 6.16. The lowest BCUT2D eigenvalue weighted by molar-refractivity contribution is -0.155. The highest BCUT2D eigenvalue weighted by Gasteiger charge is 2.23. The van der Waals surface area contributed by atoms with Crippen LogP contribution in [0.1, 0.15) is 31.1 Å². The van der Waals surface area contributed by atoms with Crippen LogP contribution in [-0.2, 0) is 16.1 Å². The molecule has 0 fully saturated rings. The van der Waals surface area contributed by atoms with Gasteiger partial charge in [0.1, 0.15) is 29.9 Å². The molecule has 3 rings (SSSR count). The molecule has 3 N–H and O–H groups in total. The summed E-state index contributed by atoms with van der Waals surface area (Å²) in [6.45, 7) is 5.11. The third-order valence-corrected chi connectivity index (χ3v) is 3.63. The van der Waals surface area contributed by atoms with Crippen LogP contribution in [-0.4, -0.2) is 37.2 Å². The molecule has 0 saturated carbocycles. The fraction of sp³-hybridized carbons (Fsp3) is 0.294. The maximum Gasteiger partial charge on any atom is 0.337 e. The molecule has 0 aliphatic rings. The van der Waals surface area contributed by atoms with Gasteiger partial charge in [-0.2, -0.15) is 0 Å². The second-order valence-corrected chi connectivity index (χ2v) is 6.64. The number of anilines is 1. The van der Waals surface area contributed by atoms with Gasteiger partial charge in [0.25, 0.3) is 0 Å². The molecule has 0 radical (unpaired) electrons. The highest BCUT2D eigenvalue weighted by atomic mass is 16.6. The van der Waals surface area contributed by atoms with Crippen LogP contribution in [0, 0.1) is 0 Å². The Labute approximate surface area is 143 Å². The molecular weight excluding hydrogens is 324 g/mol. The molecule has 8 nitrogen and oxygen atoms in total. The first-order valence-electron chi connectivity index (χ1n) is 7.65. The van der Waals surface area contributed by atoms with Crippen molar-refractivity contribution in [2.45, 2.75) is 32.9 Å². The number of hydrogen-bond acceptors (Lipinski definition) is 6. The standard InChI is InChI=1S/C17H18N4O4/c1-17(2,3)25-11(22)7-21-13-9(5-4-6-10(13)16(23)24)12-14(18)19-8-20-15(12)21/h4-6,8H,7H2,1-3H3,(H,23,24)(H2,18,19,20). The molecular formula is C17H18N4O4. The third-order valence-electron chi connectivity index (χ3n) is 3.63. The molecule has 25 heavy (non-hydrogen) atoms. The smallest absolute Gasteiger partial charge is 0.337 e. The van der Waals surface area contributed by atoms with Gasteiger partial charge in [0.05, 0.1) is 16.5 Å². The number of carboxylic acids is 1. The molecule has 0 saturated heterocycles.